The Morgan fingerprint density at radius 3 is 2.77 bits per heavy atom. The Bertz CT molecular complexity index is 664. The molecule has 0 aromatic carbocycles. The number of ether oxygens (including phenoxy) is 1. The van der Waals surface area contributed by atoms with E-state index in [-0.39, 0.29) is 5.82 Å². The van der Waals surface area contributed by atoms with Crippen molar-refractivity contribution in [1.82, 2.24) is 9.55 Å². The second-order valence-electron chi connectivity index (χ2n) is 4.90. The zero-order valence-corrected chi connectivity index (χ0v) is 13.1. The SMILES string of the molecule is C[C@@]1(n2ccc(N)nc2=O)O[C@H](CO)[C@@H](OP(O)(O)=S)[C@H]1O. The van der Waals surface area contributed by atoms with Crippen molar-refractivity contribution in [3.8, 4) is 0 Å². The predicted molar refractivity (Wildman–Crippen MR) is 78.1 cm³/mol. The van der Waals surface area contributed by atoms with Gasteiger partial charge >= 0.3 is 12.4 Å². The van der Waals surface area contributed by atoms with Crippen molar-refractivity contribution >= 4 is 24.3 Å². The van der Waals surface area contributed by atoms with Gasteiger partial charge < -0.3 is 30.5 Å². The Balaban J connectivity index is 2.43. The van der Waals surface area contributed by atoms with Gasteiger partial charge in [0.1, 0.15) is 24.1 Å². The van der Waals surface area contributed by atoms with Crippen LogP contribution in [-0.4, -0.2) is 54.5 Å². The highest BCUT2D eigenvalue weighted by atomic mass is 32.5. The first-order valence-corrected chi connectivity index (χ1v) is 8.77. The standard InChI is InChI=1S/C10H16N3O7PS/c1-10(13-3-2-6(11)12-9(13)16)8(15)7(5(4-14)19-10)20-21(17,18)22/h2-3,5,7-8,14-15H,4H2,1H3,(H2,11,12,16)(H2,17,18,22)/t5-,7-,8-,10-/m1/s1. The maximum Gasteiger partial charge on any atom is 0.351 e. The molecule has 0 unspecified atom stereocenters. The van der Waals surface area contributed by atoms with Gasteiger partial charge in [0.25, 0.3) is 0 Å². The topological polar surface area (TPSA) is 160 Å². The van der Waals surface area contributed by atoms with Gasteiger partial charge in [-0.25, -0.2) is 4.79 Å². The molecule has 4 atom stereocenters. The molecule has 1 fully saturated rings. The van der Waals surface area contributed by atoms with Gasteiger partial charge in [0, 0.05) is 6.20 Å². The lowest BCUT2D eigenvalue weighted by Crippen LogP contribution is -2.48. The largest absolute Gasteiger partial charge is 0.394 e. The molecule has 0 saturated carbocycles. The van der Waals surface area contributed by atoms with Crippen LogP contribution in [0.2, 0.25) is 0 Å². The van der Waals surface area contributed by atoms with E-state index < -0.39 is 43.1 Å². The number of nitrogens with two attached hydrogens (primary N) is 1. The predicted octanol–water partition coefficient (Wildman–Crippen LogP) is -2.16. The molecule has 1 aliphatic heterocycles. The third kappa shape index (κ3) is 3.21. The minimum atomic E-state index is -4.11. The van der Waals surface area contributed by atoms with Crippen LogP contribution in [0.1, 0.15) is 6.92 Å². The van der Waals surface area contributed by atoms with Gasteiger partial charge in [-0.1, -0.05) is 0 Å². The van der Waals surface area contributed by atoms with Crippen LogP contribution >= 0.6 is 6.72 Å². The summed E-state index contributed by atoms with van der Waals surface area (Å²) in [6.45, 7) is -3.34. The zero-order valence-electron chi connectivity index (χ0n) is 11.4. The first-order valence-electron chi connectivity index (χ1n) is 6.15. The van der Waals surface area contributed by atoms with E-state index in [1.807, 2.05) is 0 Å². The van der Waals surface area contributed by atoms with Crippen molar-refractivity contribution in [1.29, 1.82) is 0 Å². The molecule has 2 heterocycles. The molecule has 0 spiro atoms. The molecule has 2 rings (SSSR count). The smallest absolute Gasteiger partial charge is 0.351 e. The molecule has 12 heteroatoms. The number of aliphatic hydroxyl groups excluding tert-OH is 2. The molecular formula is C10H16N3O7PS. The van der Waals surface area contributed by atoms with Crippen LogP contribution in [0, 0.1) is 0 Å². The summed E-state index contributed by atoms with van der Waals surface area (Å²) in [5.74, 6) is -0.00920. The first-order chi connectivity index (χ1) is 10.1. The number of hydrogen-bond acceptors (Lipinski definition) is 8. The third-order valence-corrected chi connectivity index (χ3v) is 4.14. The number of aromatic nitrogens is 2. The third-order valence-electron chi connectivity index (χ3n) is 3.36. The number of rotatable bonds is 4. The van der Waals surface area contributed by atoms with Crippen molar-refractivity contribution in [2.75, 3.05) is 12.3 Å². The van der Waals surface area contributed by atoms with E-state index in [1.54, 1.807) is 0 Å². The van der Waals surface area contributed by atoms with E-state index in [0.717, 1.165) is 4.57 Å². The molecule has 1 aromatic heterocycles. The number of hydrogen-bond donors (Lipinski definition) is 5. The van der Waals surface area contributed by atoms with E-state index >= 15 is 0 Å². The molecule has 0 aliphatic carbocycles. The average molecular weight is 353 g/mol. The quantitative estimate of drug-likeness (QED) is 0.377. The molecule has 0 bridgehead atoms. The lowest BCUT2D eigenvalue weighted by atomic mass is 10.0. The van der Waals surface area contributed by atoms with Crippen molar-refractivity contribution in [3.05, 3.63) is 22.7 Å². The summed E-state index contributed by atoms with van der Waals surface area (Å²) in [7, 11) is 0. The van der Waals surface area contributed by atoms with Crippen LogP contribution in [0.3, 0.4) is 0 Å². The first kappa shape index (κ1) is 17.4. The minimum absolute atomic E-state index is 0.00920. The van der Waals surface area contributed by atoms with E-state index in [1.165, 1.54) is 19.2 Å². The molecule has 0 amide bonds. The molecule has 124 valence electrons. The van der Waals surface area contributed by atoms with Crippen LogP contribution in [0.25, 0.3) is 0 Å². The second kappa shape index (κ2) is 5.95. The summed E-state index contributed by atoms with van der Waals surface area (Å²) in [5, 5.41) is 19.7. The van der Waals surface area contributed by atoms with Gasteiger partial charge in [0.05, 0.1) is 6.61 Å². The maximum absolute atomic E-state index is 11.9. The van der Waals surface area contributed by atoms with Crippen LogP contribution in [0.4, 0.5) is 5.82 Å². The fourth-order valence-corrected chi connectivity index (χ4v) is 3.20. The van der Waals surface area contributed by atoms with E-state index in [0.29, 0.717) is 0 Å². The summed E-state index contributed by atoms with van der Waals surface area (Å²) in [6, 6.07) is 1.33. The Kier molecular flexibility index (Phi) is 4.71. The van der Waals surface area contributed by atoms with Gasteiger partial charge in [0.15, 0.2) is 5.72 Å². The summed E-state index contributed by atoms with van der Waals surface area (Å²) in [4.78, 5) is 34.0. The summed E-state index contributed by atoms with van der Waals surface area (Å²) < 4.78 is 11.3. The fourth-order valence-electron chi connectivity index (χ4n) is 2.33. The Hall–Kier alpha value is -0.910. The average Bonchev–Trinajstić information content (AvgIpc) is 2.62. The van der Waals surface area contributed by atoms with E-state index in [9.17, 15) is 24.8 Å². The number of anilines is 1. The Morgan fingerprint density at radius 2 is 2.27 bits per heavy atom. The monoisotopic (exact) mass is 353 g/mol. The van der Waals surface area contributed by atoms with E-state index in [4.69, 9.17) is 15.0 Å². The van der Waals surface area contributed by atoms with Crippen molar-refractivity contribution in [3.63, 3.8) is 0 Å². The normalized spacial score (nSPS) is 32.3. The molecule has 22 heavy (non-hydrogen) atoms. The molecule has 1 saturated heterocycles. The van der Waals surface area contributed by atoms with Crippen LogP contribution in [-0.2, 0) is 26.8 Å². The molecule has 0 radical (unpaired) electrons. The fraction of sp³-hybridized carbons (Fsp3) is 0.600. The molecule has 1 aromatic rings. The Labute approximate surface area is 130 Å². The maximum atomic E-state index is 11.9. The number of nitrogen functional groups attached to an aromatic ring is 1. The lowest BCUT2D eigenvalue weighted by Gasteiger charge is -2.30. The summed E-state index contributed by atoms with van der Waals surface area (Å²) >= 11 is 4.36. The van der Waals surface area contributed by atoms with E-state index in [2.05, 4.69) is 16.8 Å². The van der Waals surface area contributed by atoms with Gasteiger partial charge in [-0.3, -0.25) is 9.09 Å². The minimum Gasteiger partial charge on any atom is -0.394 e. The summed E-state index contributed by atoms with van der Waals surface area (Å²) in [5.41, 5.74) is 2.96. The van der Waals surface area contributed by atoms with Gasteiger partial charge in [-0.05, 0) is 24.8 Å². The van der Waals surface area contributed by atoms with Crippen LogP contribution < -0.4 is 11.4 Å². The highest BCUT2D eigenvalue weighted by Gasteiger charge is 2.55. The van der Waals surface area contributed by atoms with Crippen molar-refractivity contribution in [2.45, 2.75) is 31.0 Å². The second-order valence-corrected chi connectivity index (χ2v) is 7.52. The van der Waals surface area contributed by atoms with Crippen LogP contribution in [0.15, 0.2) is 17.1 Å². The summed E-state index contributed by atoms with van der Waals surface area (Å²) in [6.07, 6.45) is -2.71. The number of nitrogens with zero attached hydrogens (tertiary/aromatic N) is 2. The lowest BCUT2D eigenvalue weighted by molar-refractivity contribution is -0.137. The molecular weight excluding hydrogens is 337 g/mol. The number of aliphatic hydroxyl groups is 2. The van der Waals surface area contributed by atoms with Gasteiger partial charge in [-0.15, -0.1) is 0 Å². The molecule has 10 nitrogen and oxygen atoms in total. The highest BCUT2D eigenvalue weighted by Crippen LogP contribution is 2.45. The van der Waals surface area contributed by atoms with Gasteiger partial charge in [-0.2, -0.15) is 4.98 Å². The molecule has 1 aliphatic rings. The van der Waals surface area contributed by atoms with Crippen molar-refractivity contribution < 1.29 is 29.3 Å². The molecule has 6 N–H and O–H groups in total. The highest BCUT2D eigenvalue weighted by molar-refractivity contribution is 8.06. The van der Waals surface area contributed by atoms with Crippen LogP contribution in [0.5, 0.6) is 0 Å². The van der Waals surface area contributed by atoms with Crippen molar-refractivity contribution in [2.24, 2.45) is 0 Å². The van der Waals surface area contributed by atoms with Gasteiger partial charge in [0.2, 0.25) is 0 Å². The Morgan fingerprint density at radius 1 is 1.64 bits per heavy atom. The zero-order chi connectivity index (χ0) is 16.7.